The number of hydrogen-bond acceptors (Lipinski definition) is 4. The average Bonchev–Trinajstić information content (AvgIpc) is 2.43. The molecule has 1 unspecified atom stereocenters. The third-order valence-corrected chi connectivity index (χ3v) is 4.58. The van der Waals surface area contributed by atoms with Gasteiger partial charge in [0.1, 0.15) is 0 Å². The first-order valence-corrected chi connectivity index (χ1v) is 7.55. The molecule has 21 heavy (non-hydrogen) atoms. The van der Waals surface area contributed by atoms with E-state index in [0.717, 1.165) is 19.6 Å². The van der Waals surface area contributed by atoms with Gasteiger partial charge in [-0.2, -0.15) is 0 Å². The second-order valence-corrected chi connectivity index (χ2v) is 6.26. The SMILES string of the molecule is CN1CCN(C)C(CNC(=O)c2cc(N)cc(Cl)c2Cl)C1. The molecule has 0 aromatic heterocycles. The van der Waals surface area contributed by atoms with Gasteiger partial charge in [0.05, 0.1) is 15.6 Å². The highest BCUT2D eigenvalue weighted by Crippen LogP contribution is 2.28. The molecule has 0 saturated carbocycles. The number of likely N-dealkylation sites (N-methyl/N-ethyl adjacent to an activating group) is 2. The fraction of sp³-hybridized carbons (Fsp3) is 0.500. The average molecular weight is 331 g/mol. The first-order valence-electron chi connectivity index (χ1n) is 6.80. The lowest BCUT2D eigenvalue weighted by atomic mass is 10.1. The van der Waals surface area contributed by atoms with Gasteiger partial charge in [-0.05, 0) is 26.2 Å². The number of carbonyl (C=O) groups excluding carboxylic acids is 1. The molecule has 3 N–H and O–H groups in total. The minimum atomic E-state index is -0.254. The molecule has 0 aliphatic carbocycles. The summed E-state index contributed by atoms with van der Waals surface area (Å²) in [5.74, 6) is -0.254. The zero-order valence-corrected chi connectivity index (χ0v) is 13.7. The molecule has 2 rings (SSSR count). The summed E-state index contributed by atoms with van der Waals surface area (Å²) in [5.41, 5.74) is 6.44. The molecule has 1 heterocycles. The van der Waals surface area contributed by atoms with Crippen molar-refractivity contribution in [3.05, 3.63) is 27.7 Å². The Morgan fingerprint density at radius 3 is 2.81 bits per heavy atom. The predicted molar refractivity (Wildman–Crippen MR) is 87.1 cm³/mol. The number of nitrogens with one attached hydrogen (secondary N) is 1. The van der Waals surface area contributed by atoms with Crippen LogP contribution in [0.2, 0.25) is 10.0 Å². The van der Waals surface area contributed by atoms with E-state index in [4.69, 9.17) is 28.9 Å². The van der Waals surface area contributed by atoms with Gasteiger partial charge in [0.2, 0.25) is 0 Å². The summed E-state index contributed by atoms with van der Waals surface area (Å²) >= 11 is 12.0. The van der Waals surface area contributed by atoms with Gasteiger partial charge >= 0.3 is 0 Å². The number of anilines is 1. The molecule has 116 valence electrons. The van der Waals surface area contributed by atoms with Crippen molar-refractivity contribution in [2.75, 3.05) is 46.0 Å². The summed E-state index contributed by atoms with van der Waals surface area (Å²) in [6.45, 7) is 3.50. The third kappa shape index (κ3) is 4.01. The highest BCUT2D eigenvalue weighted by molar-refractivity contribution is 6.44. The number of amides is 1. The zero-order chi connectivity index (χ0) is 15.6. The normalized spacial score (nSPS) is 20.5. The van der Waals surface area contributed by atoms with E-state index in [9.17, 15) is 4.79 Å². The molecule has 0 radical (unpaired) electrons. The van der Waals surface area contributed by atoms with E-state index in [-0.39, 0.29) is 22.0 Å². The Balaban J connectivity index is 2.02. The quantitative estimate of drug-likeness (QED) is 0.825. The zero-order valence-electron chi connectivity index (χ0n) is 12.2. The van der Waals surface area contributed by atoms with Gasteiger partial charge in [-0.1, -0.05) is 23.2 Å². The first-order chi connectivity index (χ1) is 9.88. The highest BCUT2D eigenvalue weighted by Gasteiger charge is 2.23. The van der Waals surface area contributed by atoms with Crippen molar-refractivity contribution >= 4 is 34.8 Å². The van der Waals surface area contributed by atoms with Gasteiger partial charge in [0.15, 0.2) is 0 Å². The lowest BCUT2D eigenvalue weighted by molar-refractivity contribution is 0.0881. The number of hydrogen-bond donors (Lipinski definition) is 2. The largest absolute Gasteiger partial charge is 0.399 e. The van der Waals surface area contributed by atoms with Crippen molar-refractivity contribution < 1.29 is 4.79 Å². The van der Waals surface area contributed by atoms with E-state index in [1.807, 2.05) is 0 Å². The number of piperazine rings is 1. The molecule has 1 aliphatic heterocycles. The Morgan fingerprint density at radius 1 is 1.38 bits per heavy atom. The van der Waals surface area contributed by atoms with Crippen LogP contribution in [0.3, 0.4) is 0 Å². The van der Waals surface area contributed by atoms with Gasteiger partial charge in [-0.15, -0.1) is 0 Å². The third-order valence-electron chi connectivity index (χ3n) is 3.77. The monoisotopic (exact) mass is 330 g/mol. The van der Waals surface area contributed by atoms with Crippen molar-refractivity contribution in [2.24, 2.45) is 0 Å². The van der Waals surface area contributed by atoms with Crippen LogP contribution in [0.4, 0.5) is 5.69 Å². The van der Waals surface area contributed by atoms with Crippen molar-refractivity contribution in [3.63, 3.8) is 0 Å². The molecule has 1 aromatic rings. The molecular weight excluding hydrogens is 311 g/mol. The van der Waals surface area contributed by atoms with E-state index in [1.54, 1.807) is 6.07 Å². The fourth-order valence-corrected chi connectivity index (χ4v) is 2.83. The predicted octanol–water partition coefficient (Wildman–Crippen LogP) is 1.55. The molecule has 0 spiro atoms. The van der Waals surface area contributed by atoms with Crippen molar-refractivity contribution in [1.29, 1.82) is 0 Å². The number of benzene rings is 1. The molecule has 0 bridgehead atoms. The summed E-state index contributed by atoms with van der Waals surface area (Å²) in [4.78, 5) is 16.8. The van der Waals surface area contributed by atoms with E-state index in [0.29, 0.717) is 17.8 Å². The van der Waals surface area contributed by atoms with E-state index < -0.39 is 0 Å². The first kappa shape index (κ1) is 16.4. The number of halogens is 2. The van der Waals surface area contributed by atoms with Crippen LogP contribution in [-0.4, -0.2) is 62.0 Å². The number of nitrogen functional groups attached to an aromatic ring is 1. The molecular formula is C14H20Cl2N4O. The lowest BCUT2D eigenvalue weighted by Crippen LogP contribution is -2.54. The topological polar surface area (TPSA) is 61.6 Å². The van der Waals surface area contributed by atoms with E-state index >= 15 is 0 Å². The van der Waals surface area contributed by atoms with Gasteiger partial charge in [0.25, 0.3) is 5.91 Å². The summed E-state index contributed by atoms with van der Waals surface area (Å²) < 4.78 is 0. The molecule has 1 aromatic carbocycles. The van der Waals surface area contributed by atoms with Crippen LogP contribution in [0.15, 0.2) is 12.1 Å². The van der Waals surface area contributed by atoms with Crippen molar-refractivity contribution in [1.82, 2.24) is 15.1 Å². The Kier molecular flexibility index (Phi) is 5.32. The molecule has 1 aliphatic rings. The maximum atomic E-state index is 12.3. The highest BCUT2D eigenvalue weighted by atomic mass is 35.5. The van der Waals surface area contributed by atoms with Crippen LogP contribution < -0.4 is 11.1 Å². The van der Waals surface area contributed by atoms with Crippen LogP contribution >= 0.6 is 23.2 Å². The van der Waals surface area contributed by atoms with Gasteiger partial charge < -0.3 is 16.0 Å². The second kappa shape index (κ2) is 6.83. The fourth-order valence-electron chi connectivity index (χ4n) is 2.40. The Hall–Kier alpha value is -1.01. The molecule has 1 amide bonds. The van der Waals surface area contributed by atoms with Crippen LogP contribution in [0.1, 0.15) is 10.4 Å². The lowest BCUT2D eigenvalue weighted by Gasteiger charge is -2.37. The summed E-state index contributed by atoms with van der Waals surface area (Å²) in [6, 6.07) is 3.35. The van der Waals surface area contributed by atoms with E-state index in [2.05, 4.69) is 29.2 Å². The van der Waals surface area contributed by atoms with Gasteiger partial charge in [0, 0.05) is 37.9 Å². The van der Waals surface area contributed by atoms with Gasteiger partial charge in [-0.25, -0.2) is 0 Å². The van der Waals surface area contributed by atoms with Crippen molar-refractivity contribution in [3.8, 4) is 0 Å². The number of carbonyl (C=O) groups is 1. The second-order valence-electron chi connectivity index (χ2n) is 5.47. The summed E-state index contributed by atoms with van der Waals surface area (Å²) in [7, 11) is 4.14. The summed E-state index contributed by atoms with van der Waals surface area (Å²) in [5, 5.41) is 3.43. The molecule has 5 nitrogen and oxygen atoms in total. The smallest absolute Gasteiger partial charge is 0.252 e. The Bertz CT molecular complexity index is 538. The van der Waals surface area contributed by atoms with Crippen molar-refractivity contribution in [2.45, 2.75) is 6.04 Å². The molecule has 1 atom stereocenters. The van der Waals surface area contributed by atoms with Crippen LogP contribution in [0.5, 0.6) is 0 Å². The van der Waals surface area contributed by atoms with Gasteiger partial charge in [-0.3, -0.25) is 9.69 Å². The number of rotatable bonds is 3. The minimum absolute atomic E-state index is 0.234. The molecule has 1 fully saturated rings. The Morgan fingerprint density at radius 2 is 2.10 bits per heavy atom. The summed E-state index contributed by atoms with van der Waals surface area (Å²) in [6.07, 6.45) is 0. The number of nitrogens with zero attached hydrogens (tertiary/aromatic N) is 2. The van der Waals surface area contributed by atoms with Crippen LogP contribution in [-0.2, 0) is 0 Å². The van der Waals surface area contributed by atoms with E-state index in [1.165, 1.54) is 6.07 Å². The molecule has 1 saturated heterocycles. The maximum Gasteiger partial charge on any atom is 0.252 e. The molecule has 7 heteroatoms. The van der Waals surface area contributed by atoms with Crippen LogP contribution in [0, 0.1) is 0 Å². The maximum absolute atomic E-state index is 12.3. The van der Waals surface area contributed by atoms with Crippen LogP contribution in [0.25, 0.3) is 0 Å². The Labute approximate surface area is 135 Å². The standard InChI is InChI=1S/C14H20Cl2N4O/c1-19-3-4-20(2)10(8-19)7-18-14(21)11-5-9(17)6-12(15)13(11)16/h5-6,10H,3-4,7-8,17H2,1-2H3,(H,18,21). The number of nitrogens with two attached hydrogens (primary N) is 1. The minimum Gasteiger partial charge on any atom is -0.399 e.